The minimum atomic E-state index is -0.175. The maximum atomic E-state index is 10.3. The fourth-order valence-electron chi connectivity index (χ4n) is 2.56. The summed E-state index contributed by atoms with van der Waals surface area (Å²) in [5.74, 6) is 0.764. The molecule has 5 nitrogen and oxygen atoms in total. The number of benzene rings is 2. The SMILES string of the molecule is COC(=S)N(O)c1cccc(CO)c1COc1cc(C)c(C)cc1C. The first-order valence-electron chi connectivity index (χ1n) is 7.88. The normalized spacial score (nSPS) is 10.5. The third-order valence-corrected chi connectivity index (χ3v) is 4.50. The van der Waals surface area contributed by atoms with Crippen molar-refractivity contribution in [3.63, 3.8) is 0 Å². The van der Waals surface area contributed by atoms with E-state index in [0.29, 0.717) is 16.8 Å². The van der Waals surface area contributed by atoms with Crippen molar-refractivity contribution in [1.29, 1.82) is 0 Å². The largest absolute Gasteiger partial charge is 0.489 e. The Morgan fingerprint density at radius 2 is 1.80 bits per heavy atom. The molecule has 0 aliphatic carbocycles. The Kier molecular flexibility index (Phi) is 6.36. The van der Waals surface area contributed by atoms with Crippen molar-refractivity contribution in [3.05, 3.63) is 58.1 Å². The lowest BCUT2D eigenvalue weighted by atomic mass is 10.0. The number of thiocarbonyl (C=S) groups is 1. The lowest BCUT2D eigenvalue weighted by molar-refractivity contribution is 0.257. The number of hydrogen-bond donors (Lipinski definition) is 2. The molecule has 2 aromatic rings. The van der Waals surface area contributed by atoms with Gasteiger partial charge in [-0.25, -0.2) is 0 Å². The molecule has 0 atom stereocenters. The summed E-state index contributed by atoms with van der Waals surface area (Å²) < 4.78 is 10.9. The zero-order valence-electron chi connectivity index (χ0n) is 14.9. The fourth-order valence-corrected chi connectivity index (χ4v) is 2.66. The van der Waals surface area contributed by atoms with Gasteiger partial charge in [0, 0.05) is 5.56 Å². The highest BCUT2D eigenvalue weighted by molar-refractivity contribution is 7.80. The van der Waals surface area contributed by atoms with Crippen molar-refractivity contribution in [2.24, 2.45) is 0 Å². The molecule has 6 heteroatoms. The molecule has 0 spiro atoms. The van der Waals surface area contributed by atoms with Crippen molar-refractivity contribution in [2.75, 3.05) is 12.2 Å². The van der Waals surface area contributed by atoms with Gasteiger partial charge in [-0.2, -0.15) is 5.06 Å². The predicted molar refractivity (Wildman–Crippen MR) is 101 cm³/mol. The average molecular weight is 361 g/mol. The molecule has 2 N–H and O–H groups in total. The number of aryl methyl sites for hydroxylation is 3. The highest BCUT2D eigenvalue weighted by Gasteiger charge is 2.17. The topological polar surface area (TPSA) is 62.2 Å². The molecule has 0 fully saturated rings. The number of methoxy groups -OCH3 is 1. The Balaban J connectivity index is 2.35. The Hall–Kier alpha value is -2.15. The monoisotopic (exact) mass is 361 g/mol. The summed E-state index contributed by atoms with van der Waals surface area (Å²) in [6.45, 7) is 6.08. The molecule has 0 aliphatic rings. The zero-order chi connectivity index (χ0) is 18.6. The molecule has 0 unspecified atom stereocenters. The molecule has 0 saturated carbocycles. The van der Waals surface area contributed by atoms with Gasteiger partial charge in [0.15, 0.2) is 0 Å². The Labute approximate surface area is 153 Å². The van der Waals surface area contributed by atoms with E-state index in [2.05, 4.69) is 13.0 Å². The lowest BCUT2D eigenvalue weighted by Gasteiger charge is -2.22. The highest BCUT2D eigenvalue weighted by Crippen LogP contribution is 2.28. The molecule has 0 heterocycles. The number of hydroxylamine groups is 1. The van der Waals surface area contributed by atoms with Crippen LogP contribution in [0.15, 0.2) is 30.3 Å². The summed E-state index contributed by atoms with van der Waals surface area (Å²) >= 11 is 4.98. The molecule has 0 aromatic heterocycles. The van der Waals surface area contributed by atoms with E-state index in [1.54, 1.807) is 18.2 Å². The molecule has 0 saturated heterocycles. The number of nitrogens with zero attached hydrogens (tertiary/aromatic N) is 1. The first kappa shape index (κ1) is 19.2. The van der Waals surface area contributed by atoms with Gasteiger partial charge >= 0.3 is 0 Å². The molecule has 25 heavy (non-hydrogen) atoms. The molecule has 0 amide bonds. The Morgan fingerprint density at radius 1 is 1.12 bits per heavy atom. The maximum Gasteiger partial charge on any atom is 0.288 e. The second kappa shape index (κ2) is 8.29. The second-order valence-electron chi connectivity index (χ2n) is 5.85. The molecule has 0 aliphatic heterocycles. The van der Waals surface area contributed by atoms with Gasteiger partial charge in [0.05, 0.1) is 19.4 Å². The zero-order valence-corrected chi connectivity index (χ0v) is 15.7. The van der Waals surface area contributed by atoms with Gasteiger partial charge in [0.2, 0.25) is 0 Å². The van der Waals surface area contributed by atoms with E-state index in [0.717, 1.165) is 21.9 Å². The van der Waals surface area contributed by atoms with Gasteiger partial charge in [0.25, 0.3) is 5.17 Å². The van der Waals surface area contributed by atoms with Crippen LogP contribution in [0.25, 0.3) is 0 Å². The minimum absolute atomic E-state index is 0.0845. The van der Waals surface area contributed by atoms with E-state index in [1.807, 2.05) is 19.9 Å². The van der Waals surface area contributed by atoms with E-state index < -0.39 is 0 Å². The number of anilines is 1. The van der Waals surface area contributed by atoms with E-state index in [-0.39, 0.29) is 18.4 Å². The Morgan fingerprint density at radius 3 is 2.44 bits per heavy atom. The number of ether oxygens (including phenoxy) is 2. The van der Waals surface area contributed by atoms with Crippen LogP contribution in [0.2, 0.25) is 0 Å². The number of hydrogen-bond acceptors (Lipinski definition) is 5. The predicted octanol–water partition coefficient (Wildman–Crippen LogP) is 3.81. The molecular weight excluding hydrogens is 338 g/mol. The van der Waals surface area contributed by atoms with Gasteiger partial charge in [-0.05, 0) is 67.4 Å². The Bertz CT molecular complexity index is 776. The van der Waals surface area contributed by atoms with Crippen LogP contribution >= 0.6 is 12.2 Å². The molecule has 0 bridgehead atoms. The van der Waals surface area contributed by atoms with Gasteiger partial charge in [0.1, 0.15) is 12.4 Å². The molecule has 0 radical (unpaired) electrons. The molecule has 134 valence electrons. The van der Waals surface area contributed by atoms with Crippen LogP contribution in [0.5, 0.6) is 5.75 Å². The van der Waals surface area contributed by atoms with Crippen molar-refractivity contribution in [1.82, 2.24) is 0 Å². The van der Waals surface area contributed by atoms with E-state index >= 15 is 0 Å². The van der Waals surface area contributed by atoms with Crippen LogP contribution in [-0.2, 0) is 18.0 Å². The smallest absolute Gasteiger partial charge is 0.288 e. The third-order valence-electron chi connectivity index (χ3n) is 4.16. The quantitative estimate of drug-likeness (QED) is 0.624. The first-order valence-corrected chi connectivity index (χ1v) is 8.29. The number of rotatable bonds is 5. The standard InChI is InChI=1S/C19H23NO4S/c1-12-8-14(3)18(9-13(12)2)24-11-16-15(10-21)6-5-7-17(16)20(22)19(25)23-4/h5-9,21-22H,10-11H2,1-4H3. The minimum Gasteiger partial charge on any atom is -0.489 e. The summed E-state index contributed by atoms with van der Waals surface area (Å²) in [7, 11) is 1.38. The van der Waals surface area contributed by atoms with E-state index in [1.165, 1.54) is 12.7 Å². The lowest BCUT2D eigenvalue weighted by Crippen LogP contribution is -2.28. The van der Waals surface area contributed by atoms with Crippen LogP contribution in [0.4, 0.5) is 5.69 Å². The summed E-state index contributed by atoms with van der Waals surface area (Å²) in [4.78, 5) is 0. The van der Waals surface area contributed by atoms with Gasteiger partial charge < -0.3 is 14.6 Å². The molecular formula is C19H23NO4S. The van der Waals surface area contributed by atoms with Gasteiger partial charge in [-0.15, -0.1) is 0 Å². The van der Waals surface area contributed by atoms with Gasteiger partial charge in [-0.1, -0.05) is 18.2 Å². The van der Waals surface area contributed by atoms with Crippen molar-refractivity contribution < 1.29 is 19.8 Å². The average Bonchev–Trinajstić information content (AvgIpc) is 2.61. The molecule has 2 aromatic carbocycles. The van der Waals surface area contributed by atoms with Crippen molar-refractivity contribution >= 4 is 23.1 Å². The van der Waals surface area contributed by atoms with Crippen LogP contribution in [-0.4, -0.2) is 22.6 Å². The molecule has 2 rings (SSSR count). The van der Waals surface area contributed by atoms with E-state index in [9.17, 15) is 10.3 Å². The second-order valence-corrected chi connectivity index (χ2v) is 6.19. The van der Waals surface area contributed by atoms with Crippen molar-refractivity contribution in [3.8, 4) is 5.75 Å². The summed E-state index contributed by atoms with van der Waals surface area (Å²) in [5.41, 5.74) is 5.08. The summed E-state index contributed by atoms with van der Waals surface area (Å²) in [6, 6.07) is 9.26. The van der Waals surface area contributed by atoms with Crippen LogP contribution < -0.4 is 9.80 Å². The first-order chi connectivity index (χ1) is 11.9. The maximum absolute atomic E-state index is 10.3. The fraction of sp³-hybridized carbons (Fsp3) is 0.316. The van der Waals surface area contributed by atoms with Crippen LogP contribution in [0.3, 0.4) is 0 Å². The van der Waals surface area contributed by atoms with E-state index in [4.69, 9.17) is 21.7 Å². The summed E-state index contributed by atoms with van der Waals surface area (Å²) in [5, 5.41) is 20.6. The van der Waals surface area contributed by atoms with Crippen molar-refractivity contribution in [2.45, 2.75) is 34.0 Å². The number of aliphatic hydroxyl groups excluding tert-OH is 1. The van der Waals surface area contributed by atoms with Gasteiger partial charge in [-0.3, -0.25) is 5.21 Å². The number of aliphatic hydroxyl groups is 1. The highest BCUT2D eigenvalue weighted by atomic mass is 32.1. The van der Waals surface area contributed by atoms with Crippen LogP contribution in [0.1, 0.15) is 27.8 Å². The third kappa shape index (κ3) is 4.28. The van der Waals surface area contributed by atoms with Crippen LogP contribution in [0, 0.1) is 20.8 Å². The summed E-state index contributed by atoms with van der Waals surface area (Å²) in [6.07, 6.45) is 0.